The summed E-state index contributed by atoms with van der Waals surface area (Å²) in [5, 5.41) is 15.1. The van der Waals surface area contributed by atoms with Gasteiger partial charge in [0.15, 0.2) is 5.65 Å². The lowest BCUT2D eigenvalue weighted by molar-refractivity contribution is 0.0963. The van der Waals surface area contributed by atoms with Crippen LogP contribution in [0.4, 0.5) is 10.2 Å². The highest BCUT2D eigenvalue weighted by Crippen LogP contribution is 2.33. The Morgan fingerprint density at radius 1 is 1.29 bits per heavy atom. The molecule has 2 N–H and O–H groups in total. The van der Waals surface area contributed by atoms with Crippen LogP contribution < -0.4 is 10.6 Å². The number of carbonyl (C=O) groups is 1. The summed E-state index contributed by atoms with van der Waals surface area (Å²) in [5.41, 5.74) is 3.56. The van der Waals surface area contributed by atoms with Crippen LogP contribution in [0, 0.1) is 12.7 Å². The van der Waals surface area contributed by atoms with E-state index in [4.69, 9.17) is 9.72 Å². The first-order chi connectivity index (χ1) is 16.5. The van der Waals surface area contributed by atoms with Gasteiger partial charge < -0.3 is 15.4 Å². The fourth-order valence-electron chi connectivity index (χ4n) is 4.16. The minimum Gasteiger partial charge on any atom is -0.379 e. The van der Waals surface area contributed by atoms with Crippen LogP contribution >= 0.6 is 0 Å². The normalized spacial score (nSPS) is 15.7. The van der Waals surface area contributed by atoms with E-state index in [1.165, 1.54) is 12.1 Å². The van der Waals surface area contributed by atoms with Crippen molar-refractivity contribution in [3.8, 4) is 22.4 Å². The van der Waals surface area contributed by atoms with Crippen molar-refractivity contribution in [2.45, 2.75) is 32.9 Å². The zero-order valence-corrected chi connectivity index (χ0v) is 19.3. The quantitative estimate of drug-likeness (QED) is 0.455. The number of carbonyl (C=O) groups excluding carboxylic acids is 1. The van der Waals surface area contributed by atoms with Gasteiger partial charge in [0.05, 0.1) is 30.1 Å². The fourth-order valence-corrected chi connectivity index (χ4v) is 4.16. The van der Waals surface area contributed by atoms with Gasteiger partial charge in [-0.25, -0.2) is 13.9 Å². The van der Waals surface area contributed by atoms with E-state index >= 15 is 4.39 Å². The van der Waals surface area contributed by atoms with E-state index in [2.05, 4.69) is 20.8 Å². The standard InChI is InChI=1S/C24H26FN7O2/c1-4-31-7-5-20(30-31)19-12-32-23(29-22(19)28-16-6-8-34-13-16)18(11-27-32)17-10-15(24(33)26-3)9-14(2)21(17)25/h5,7,9-12,16H,4,6,8,13H2,1-3H3,(H,26,33)(H,28,29). The molecule has 1 saturated heterocycles. The van der Waals surface area contributed by atoms with Crippen LogP contribution in [0.2, 0.25) is 0 Å². The van der Waals surface area contributed by atoms with Gasteiger partial charge in [0.25, 0.3) is 5.91 Å². The molecule has 4 heterocycles. The Kier molecular flexibility index (Phi) is 5.74. The summed E-state index contributed by atoms with van der Waals surface area (Å²) in [5.74, 6) is -0.0642. The zero-order chi connectivity index (χ0) is 23.8. The summed E-state index contributed by atoms with van der Waals surface area (Å²) in [4.78, 5) is 17.1. The van der Waals surface area contributed by atoms with Gasteiger partial charge in [-0.05, 0) is 44.0 Å². The molecule has 1 fully saturated rings. The Labute approximate surface area is 195 Å². The van der Waals surface area contributed by atoms with Crippen LogP contribution in [-0.4, -0.2) is 56.6 Å². The van der Waals surface area contributed by atoms with E-state index < -0.39 is 5.82 Å². The number of anilines is 1. The molecule has 0 bridgehead atoms. The van der Waals surface area contributed by atoms with Crippen molar-refractivity contribution < 1.29 is 13.9 Å². The molecule has 0 aliphatic carbocycles. The summed E-state index contributed by atoms with van der Waals surface area (Å²) >= 11 is 0. The van der Waals surface area contributed by atoms with E-state index in [9.17, 15) is 4.79 Å². The minimum absolute atomic E-state index is 0.115. The molecule has 34 heavy (non-hydrogen) atoms. The van der Waals surface area contributed by atoms with Crippen molar-refractivity contribution in [1.29, 1.82) is 0 Å². The summed E-state index contributed by atoms with van der Waals surface area (Å²) in [6.45, 7) is 5.69. The van der Waals surface area contributed by atoms with Gasteiger partial charge in [-0.2, -0.15) is 10.2 Å². The maximum atomic E-state index is 15.2. The average Bonchev–Trinajstić information content (AvgIpc) is 3.61. The second-order valence-electron chi connectivity index (χ2n) is 8.32. The predicted molar refractivity (Wildman–Crippen MR) is 126 cm³/mol. The number of halogens is 1. The van der Waals surface area contributed by atoms with Crippen molar-refractivity contribution >= 4 is 17.4 Å². The lowest BCUT2D eigenvalue weighted by atomic mass is 10.0. The third-order valence-electron chi connectivity index (χ3n) is 6.04. The monoisotopic (exact) mass is 463 g/mol. The van der Waals surface area contributed by atoms with Crippen molar-refractivity contribution in [3.63, 3.8) is 0 Å². The predicted octanol–water partition coefficient (Wildman–Crippen LogP) is 3.29. The topological polar surface area (TPSA) is 98.4 Å². The second kappa shape index (κ2) is 8.86. The lowest BCUT2D eigenvalue weighted by Gasteiger charge is -2.15. The second-order valence-corrected chi connectivity index (χ2v) is 8.32. The van der Waals surface area contributed by atoms with Crippen LogP contribution in [0.5, 0.6) is 0 Å². The highest BCUT2D eigenvalue weighted by molar-refractivity contribution is 5.96. The van der Waals surface area contributed by atoms with Crippen LogP contribution in [0.15, 0.2) is 36.8 Å². The molecule has 1 amide bonds. The first kappa shape index (κ1) is 22.0. The molecule has 0 spiro atoms. The van der Waals surface area contributed by atoms with Crippen LogP contribution in [0.25, 0.3) is 28.0 Å². The maximum Gasteiger partial charge on any atom is 0.251 e. The van der Waals surface area contributed by atoms with Gasteiger partial charge in [0, 0.05) is 49.3 Å². The number of ether oxygens (including phenoxy) is 1. The summed E-state index contributed by atoms with van der Waals surface area (Å²) in [6, 6.07) is 5.12. The van der Waals surface area contributed by atoms with E-state index in [0.29, 0.717) is 41.4 Å². The molecule has 10 heteroatoms. The maximum absolute atomic E-state index is 15.2. The first-order valence-electron chi connectivity index (χ1n) is 11.3. The molecule has 1 atom stereocenters. The number of nitrogens with one attached hydrogen (secondary N) is 2. The number of hydrogen-bond donors (Lipinski definition) is 2. The van der Waals surface area contributed by atoms with Crippen LogP contribution in [0.3, 0.4) is 0 Å². The summed E-state index contributed by atoms with van der Waals surface area (Å²) in [6.07, 6.45) is 6.20. The summed E-state index contributed by atoms with van der Waals surface area (Å²) in [7, 11) is 1.55. The van der Waals surface area contributed by atoms with Crippen molar-refractivity contribution in [3.05, 3.63) is 53.7 Å². The van der Waals surface area contributed by atoms with E-state index in [0.717, 1.165) is 24.2 Å². The lowest BCUT2D eigenvalue weighted by Crippen LogP contribution is -2.20. The number of amides is 1. The Morgan fingerprint density at radius 2 is 2.15 bits per heavy atom. The molecule has 1 aromatic carbocycles. The van der Waals surface area contributed by atoms with Crippen LogP contribution in [-0.2, 0) is 11.3 Å². The van der Waals surface area contributed by atoms with Gasteiger partial charge in [-0.15, -0.1) is 0 Å². The highest BCUT2D eigenvalue weighted by atomic mass is 19.1. The highest BCUT2D eigenvalue weighted by Gasteiger charge is 2.23. The third kappa shape index (κ3) is 3.90. The Balaban J connectivity index is 1.67. The number of benzene rings is 1. The minimum atomic E-state index is -0.408. The van der Waals surface area contributed by atoms with Gasteiger partial charge in [-0.3, -0.25) is 9.48 Å². The Bertz CT molecular complexity index is 1370. The van der Waals surface area contributed by atoms with Gasteiger partial charge >= 0.3 is 0 Å². The molecule has 176 valence electrons. The van der Waals surface area contributed by atoms with E-state index in [-0.39, 0.29) is 17.5 Å². The van der Waals surface area contributed by atoms with Gasteiger partial charge in [0.2, 0.25) is 0 Å². The SMILES string of the molecule is CCn1ccc(-c2cn3ncc(-c4cc(C(=O)NC)cc(C)c4F)c3nc2NC2CCOC2)n1. The number of fused-ring (bicyclic) bond motifs is 1. The molecular formula is C24H26FN7O2. The van der Waals surface area contributed by atoms with Crippen LogP contribution in [0.1, 0.15) is 29.3 Å². The van der Waals surface area contributed by atoms with Gasteiger partial charge in [0.1, 0.15) is 11.6 Å². The number of aromatic nitrogens is 5. The van der Waals surface area contributed by atoms with Crippen molar-refractivity contribution in [2.75, 3.05) is 25.6 Å². The Hall–Kier alpha value is -3.79. The Morgan fingerprint density at radius 3 is 2.85 bits per heavy atom. The molecule has 5 rings (SSSR count). The molecule has 1 aliphatic rings. The molecule has 3 aromatic heterocycles. The number of hydrogen-bond acceptors (Lipinski definition) is 6. The molecule has 0 radical (unpaired) electrons. The van der Waals surface area contributed by atoms with Gasteiger partial charge in [-0.1, -0.05) is 0 Å². The first-order valence-corrected chi connectivity index (χ1v) is 11.3. The average molecular weight is 464 g/mol. The summed E-state index contributed by atoms with van der Waals surface area (Å²) < 4.78 is 24.2. The van der Waals surface area contributed by atoms with E-state index in [1.54, 1.807) is 24.7 Å². The van der Waals surface area contributed by atoms with E-state index in [1.807, 2.05) is 30.1 Å². The third-order valence-corrected chi connectivity index (χ3v) is 6.04. The molecule has 1 aliphatic heterocycles. The van der Waals surface area contributed by atoms with Crippen molar-refractivity contribution in [1.82, 2.24) is 29.7 Å². The smallest absolute Gasteiger partial charge is 0.251 e. The van der Waals surface area contributed by atoms with Crippen molar-refractivity contribution in [2.24, 2.45) is 0 Å². The largest absolute Gasteiger partial charge is 0.379 e. The molecule has 0 saturated carbocycles. The number of rotatable bonds is 6. The molecule has 4 aromatic rings. The molecule has 1 unspecified atom stereocenters. The fraction of sp³-hybridized carbons (Fsp3) is 0.333. The number of nitrogens with zero attached hydrogens (tertiary/aromatic N) is 5. The molecular weight excluding hydrogens is 437 g/mol. The zero-order valence-electron chi connectivity index (χ0n) is 19.3. The number of aryl methyl sites for hydroxylation is 2. The molecule has 9 nitrogen and oxygen atoms in total.